The Labute approximate surface area is 201 Å². The first-order chi connectivity index (χ1) is 17.0. The summed E-state index contributed by atoms with van der Waals surface area (Å²) in [6.07, 6.45) is 1.58. The van der Waals surface area contributed by atoms with Gasteiger partial charge in [-0.05, 0) is 78.4 Å². The minimum absolute atomic E-state index is 0.0854. The molecule has 2 heterocycles. The molecule has 0 atom stereocenters. The van der Waals surface area contributed by atoms with Crippen molar-refractivity contribution in [3.63, 3.8) is 0 Å². The minimum atomic E-state index is -0.433. The van der Waals surface area contributed by atoms with Crippen molar-refractivity contribution in [2.24, 2.45) is 0 Å². The number of pyridine rings is 1. The van der Waals surface area contributed by atoms with Gasteiger partial charge in [-0.2, -0.15) is 0 Å². The summed E-state index contributed by atoms with van der Waals surface area (Å²) in [6, 6.07) is 18.0. The van der Waals surface area contributed by atoms with Crippen molar-refractivity contribution in [3.8, 4) is 28.5 Å². The highest BCUT2D eigenvalue weighted by Crippen LogP contribution is 2.45. The van der Waals surface area contributed by atoms with Gasteiger partial charge in [0.25, 0.3) is 0 Å². The monoisotopic (exact) mass is 473 g/mol. The van der Waals surface area contributed by atoms with Crippen molar-refractivity contribution in [1.29, 1.82) is 0 Å². The fourth-order valence-corrected chi connectivity index (χ4v) is 4.50. The smallest absolute Gasteiger partial charge is 0.337 e. The molecule has 0 unspecified atom stereocenters. The molecular formula is C28H24FNO5. The number of phenolic OH excluding ortho intramolecular Hbond substituents is 1. The number of carbonyl (C=O) groups excluding carboxylic acids is 1. The van der Waals surface area contributed by atoms with Gasteiger partial charge in [0, 0.05) is 30.2 Å². The quantitative estimate of drug-likeness (QED) is 0.347. The molecule has 0 amide bonds. The van der Waals surface area contributed by atoms with Gasteiger partial charge in [0.1, 0.15) is 17.3 Å². The molecule has 5 rings (SSSR count). The average molecular weight is 474 g/mol. The first kappa shape index (κ1) is 22.8. The van der Waals surface area contributed by atoms with Crippen LogP contribution in [0.3, 0.4) is 0 Å². The van der Waals surface area contributed by atoms with E-state index in [1.807, 2.05) is 6.07 Å². The summed E-state index contributed by atoms with van der Waals surface area (Å²) in [7, 11) is 1.33. The van der Waals surface area contributed by atoms with E-state index < -0.39 is 5.97 Å². The number of halogens is 1. The molecule has 0 bridgehead atoms. The predicted molar refractivity (Wildman–Crippen MR) is 129 cm³/mol. The number of phenols is 1. The van der Waals surface area contributed by atoms with Crippen LogP contribution in [0.15, 0.2) is 66.7 Å². The molecule has 0 radical (unpaired) electrons. The Morgan fingerprint density at radius 2 is 1.74 bits per heavy atom. The van der Waals surface area contributed by atoms with Crippen LogP contribution >= 0.6 is 0 Å². The van der Waals surface area contributed by atoms with Gasteiger partial charge in [-0.15, -0.1) is 0 Å². The molecule has 178 valence electrons. The van der Waals surface area contributed by atoms with Crippen LogP contribution in [-0.4, -0.2) is 36.4 Å². The Kier molecular flexibility index (Phi) is 6.33. The van der Waals surface area contributed by atoms with Gasteiger partial charge in [0.2, 0.25) is 5.88 Å². The Balaban J connectivity index is 1.71. The number of rotatable bonds is 5. The molecule has 0 aliphatic carbocycles. The third-order valence-electron chi connectivity index (χ3n) is 6.22. The van der Waals surface area contributed by atoms with E-state index in [9.17, 15) is 14.3 Å². The van der Waals surface area contributed by atoms with Crippen LogP contribution in [-0.2, 0) is 9.47 Å². The number of aromatic nitrogens is 1. The maximum atomic E-state index is 13.8. The fourth-order valence-electron chi connectivity index (χ4n) is 4.50. The van der Waals surface area contributed by atoms with E-state index in [0.717, 1.165) is 34.9 Å². The summed E-state index contributed by atoms with van der Waals surface area (Å²) in [6.45, 7) is 1.24. The van der Waals surface area contributed by atoms with Crippen LogP contribution in [0.25, 0.3) is 22.0 Å². The standard InChI is InChI=1S/C28H24FNO5/c1-33-28(32)19-4-9-22(10-5-19)35-27-26(18-12-14-34-15-13-18)25(17-2-6-20(29)7-3-17)23-11-8-21(31)16-24(23)30-27/h2-11,16,18,31H,12-15H2,1H3. The lowest BCUT2D eigenvalue weighted by molar-refractivity contribution is 0.0600. The third-order valence-corrected chi connectivity index (χ3v) is 6.22. The summed E-state index contributed by atoms with van der Waals surface area (Å²) >= 11 is 0. The maximum Gasteiger partial charge on any atom is 0.337 e. The number of esters is 1. The van der Waals surface area contributed by atoms with Crippen LogP contribution in [0, 0.1) is 5.82 Å². The number of carbonyl (C=O) groups is 1. The van der Waals surface area contributed by atoms with Crippen molar-refractivity contribution in [2.45, 2.75) is 18.8 Å². The Hall–Kier alpha value is -3.97. The van der Waals surface area contributed by atoms with Crippen molar-refractivity contribution in [2.75, 3.05) is 20.3 Å². The number of methoxy groups -OCH3 is 1. The van der Waals surface area contributed by atoms with E-state index in [2.05, 4.69) is 0 Å². The highest BCUT2D eigenvalue weighted by molar-refractivity contribution is 5.98. The highest BCUT2D eigenvalue weighted by Gasteiger charge is 2.27. The summed E-state index contributed by atoms with van der Waals surface area (Å²) in [5.74, 6) is 0.348. The van der Waals surface area contributed by atoms with E-state index in [1.165, 1.54) is 19.2 Å². The van der Waals surface area contributed by atoms with Gasteiger partial charge >= 0.3 is 5.97 Å². The zero-order valence-corrected chi connectivity index (χ0v) is 19.2. The first-order valence-electron chi connectivity index (χ1n) is 11.4. The van der Waals surface area contributed by atoms with E-state index in [4.69, 9.17) is 19.2 Å². The molecular weight excluding hydrogens is 449 g/mol. The Bertz CT molecular complexity index is 1360. The van der Waals surface area contributed by atoms with Crippen LogP contribution in [0.2, 0.25) is 0 Å². The summed E-state index contributed by atoms with van der Waals surface area (Å²) < 4.78 is 30.5. The number of hydrogen-bond donors (Lipinski definition) is 1. The number of ether oxygens (including phenoxy) is 3. The lowest BCUT2D eigenvalue weighted by atomic mass is 9.84. The molecule has 7 heteroatoms. The minimum Gasteiger partial charge on any atom is -0.508 e. The number of hydrogen-bond acceptors (Lipinski definition) is 6. The molecule has 3 aromatic carbocycles. The molecule has 0 saturated carbocycles. The van der Waals surface area contributed by atoms with Crippen LogP contribution in [0.4, 0.5) is 4.39 Å². The Morgan fingerprint density at radius 1 is 1.03 bits per heavy atom. The molecule has 6 nitrogen and oxygen atoms in total. The van der Waals surface area contributed by atoms with Gasteiger partial charge in [0.05, 0.1) is 18.2 Å². The zero-order chi connectivity index (χ0) is 24.4. The second kappa shape index (κ2) is 9.72. The van der Waals surface area contributed by atoms with Crippen LogP contribution < -0.4 is 4.74 Å². The van der Waals surface area contributed by atoms with Crippen LogP contribution in [0.1, 0.15) is 34.7 Å². The lowest BCUT2D eigenvalue weighted by Gasteiger charge is -2.27. The van der Waals surface area contributed by atoms with Gasteiger partial charge in [-0.3, -0.25) is 0 Å². The number of fused-ring (bicyclic) bond motifs is 1. The van der Waals surface area contributed by atoms with E-state index in [0.29, 0.717) is 35.9 Å². The molecule has 1 aromatic heterocycles. The molecule has 1 N–H and O–H groups in total. The molecule has 1 aliphatic rings. The van der Waals surface area contributed by atoms with E-state index in [1.54, 1.807) is 48.5 Å². The van der Waals surface area contributed by atoms with Gasteiger partial charge < -0.3 is 19.3 Å². The molecule has 35 heavy (non-hydrogen) atoms. The largest absolute Gasteiger partial charge is 0.508 e. The zero-order valence-electron chi connectivity index (χ0n) is 19.2. The Morgan fingerprint density at radius 3 is 2.43 bits per heavy atom. The second-order valence-corrected chi connectivity index (χ2v) is 8.42. The van der Waals surface area contributed by atoms with E-state index >= 15 is 0 Å². The van der Waals surface area contributed by atoms with Crippen molar-refractivity contribution < 1.29 is 28.5 Å². The van der Waals surface area contributed by atoms with Crippen LogP contribution in [0.5, 0.6) is 17.4 Å². The molecule has 1 aliphatic heterocycles. The summed E-state index contributed by atoms with van der Waals surface area (Å²) in [4.78, 5) is 16.6. The summed E-state index contributed by atoms with van der Waals surface area (Å²) in [5.41, 5.74) is 3.60. The van der Waals surface area contributed by atoms with Gasteiger partial charge in [-0.25, -0.2) is 14.2 Å². The topological polar surface area (TPSA) is 77.9 Å². The molecule has 0 spiro atoms. The fraction of sp³-hybridized carbons (Fsp3) is 0.214. The molecule has 4 aromatic rings. The number of aromatic hydroxyl groups is 1. The summed E-state index contributed by atoms with van der Waals surface area (Å²) in [5, 5.41) is 11.0. The second-order valence-electron chi connectivity index (χ2n) is 8.42. The highest BCUT2D eigenvalue weighted by atomic mass is 19.1. The van der Waals surface area contributed by atoms with Crippen molar-refractivity contribution in [1.82, 2.24) is 4.98 Å². The molecule has 1 fully saturated rings. The van der Waals surface area contributed by atoms with Gasteiger partial charge in [-0.1, -0.05) is 12.1 Å². The molecule has 1 saturated heterocycles. The average Bonchev–Trinajstić information content (AvgIpc) is 2.89. The number of nitrogens with zero attached hydrogens (tertiary/aromatic N) is 1. The predicted octanol–water partition coefficient (Wildman–Crippen LogP) is 6.22. The number of benzene rings is 3. The normalized spacial score (nSPS) is 14.1. The maximum absolute atomic E-state index is 13.8. The lowest BCUT2D eigenvalue weighted by Crippen LogP contribution is -2.16. The first-order valence-corrected chi connectivity index (χ1v) is 11.4. The van der Waals surface area contributed by atoms with Gasteiger partial charge in [0.15, 0.2) is 0 Å². The third kappa shape index (κ3) is 4.68. The van der Waals surface area contributed by atoms with E-state index in [-0.39, 0.29) is 17.5 Å². The SMILES string of the molecule is COC(=O)c1ccc(Oc2nc3cc(O)ccc3c(-c3ccc(F)cc3)c2C2CCOCC2)cc1. The van der Waals surface area contributed by atoms with Crippen molar-refractivity contribution in [3.05, 3.63) is 83.7 Å². The van der Waals surface area contributed by atoms with Crippen molar-refractivity contribution >= 4 is 16.9 Å².